The Bertz CT molecular complexity index is 468. The van der Waals surface area contributed by atoms with Crippen LogP contribution in [-0.2, 0) is 6.61 Å². The predicted molar refractivity (Wildman–Crippen MR) is 71.2 cm³/mol. The minimum atomic E-state index is 0.506. The molecule has 0 aliphatic rings. The topological polar surface area (TPSA) is 48.1 Å². The molecule has 17 heavy (non-hydrogen) atoms. The number of pyridine rings is 1. The van der Waals surface area contributed by atoms with Crippen molar-refractivity contribution in [2.75, 3.05) is 12.0 Å². The molecule has 0 saturated carbocycles. The molecule has 3 nitrogen and oxygen atoms in total. The second-order valence-electron chi connectivity index (χ2n) is 3.56. The summed E-state index contributed by atoms with van der Waals surface area (Å²) in [6.07, 6.45) is 3.78. The van der Waals surface area contributed by atoms with Gasteiger partial charge in [-0.15, -0.1) is 11.8 Å². The molecule has 2 rings (SSSR count). The highest BCUT2D eigenvalue weighted by molar-refractivity contribution is 7.98. The van der Waals surface area contributed by atoms with Crippen LogP contribution in [-0.4, -0.2) is 11.2 Å². The van der Waals surface area contributed by atoms with Crippen molar-refractivity contribution < 1.29 is 4.74 Å². The summed E-state index contributed by atoms with van der Waals surface area (Å²) < 4.78 is 5.64. The van der Waals surface area contributed by atoms with Gasteiger partial charge in [0.2, 0.25) is 0 Å². The summed E-state index contributed by atoms with van der Waals surface area (Å²) in [7, 11) is 0. The van der Waals surface area contributed by atoms with E-state index in [2.05, 4.69) is 11.2 Å². The van der Waals surface area contributed by atoms with Crippen LogP contribution in [0.2, 0.25) is 0 Å². The molecule has 1 aromatic carbocycles. The van der Waals surface area contributed by atoms with E-state index in [0.717, 1.165) is 11.3 Å². The number of hydrogen-bond donors (Lipinski definition) is 1. The fraction of sp³-hybridized carbons (Fsp3) is 0.154. The van der Waals surface area contributed by atoms with Crippen LogP contribution >= 0.6 is 11.8 Å². The lowest BCUT2D eigenvalue weighted by Crippen LogP contribution is -1.97. The van der Waals surface area contributed by atoms with Crippen LogP contribution < -0.4 is 10.5 Å². The Labute approximate surface area is 105 Å². The van der Waals surface area contributed by atoms with Crippen molar-refractivity contribution >= 4 is 17.6 Å². The molecular weight excluding hydrogens is 232 g/mol. The van der Waals surface area contributed by atoms with Crippen molar-refractivity contribution in [1.82, 2.24) is 4.98 Å². The van der Waals surface area contributed by atoms with Gasteiger partial charge in [0.05, 0.1) is 0 Å². The number of hydrogen-bond acceptors (Lipinski definition) is 4. The summed E-state index contributed by atoms with van der Waals surface area (Å²) in [5.74, 6) is 1.39. The molecule has 0 spiro atoms. The Morgan fingerprint density at radius 2 is 1.94 bits per heavy atom. The van der Waals surface area contributed by atoms with Crippen LogP contribution in [0.4, 0.5) is 5.82 Å². The molecule has 2 N–H and O–H groups in total. The maximum Gasteiger partial charge on any atom is 0.123 e. The number of ether oxygens (including phenoxy) is 1. The summed E-state index contributed by atoms with van der Waals surface area (Å²) >= 11 is 1.71. The fourth-order valence-corrected chi connectivity index (χ4v) is 1.77. The number of thioether (sulfide) groups is 1. The quantitative estimate of drug-likeness (QED) is 0.843. The van der Waals surface area contributed by atoms with Gasteiger partial charge in [-0.05, 0) is 36.6 Å². The van der Waals surface area contributed by atoms with Gasteiger partial charge in [-0.2, -0.15) is 0 Å². The fourth-order valence-electron chi connectivity index (χ4n) is 1.36. The number of rotatable bonds is 4. The van der Waals surface area contributed by atoms with E-state index in [1.807, 2.05) is 30.3 Å². The van der Waals surface area contributed by atoms with Gasteiger partial charge in [-0.3, -0.25) is 0 Å². The molecular formula is C13H14N2OS. The monoisotopic (exact) mass is 246 g/mol. The van der Waals surface area contributed by atoms with E-state index < -0.39 is 0 Å². The number of nitrogens with zero attached hydrogens (tertiary/aromatic N) is 1. The lowest BCUT2D eigenvalue weighted by molar-refractivity contribution is 0.305. The largest absolute Gasteiger partial charge is 0.489 e. The first-order valence-corrected chi connectivity index (χ1v) is 6.47. The first-order chi connectivity index (χ1) is 8.28. The van der Waals surface area contributed by atoms with E-state index in [1.165, 1.54) is 4.90 Å². The minimum Gasteiger partial charge on any atom is -0.489 e. The Kier molecular flexibility index (Phi) is 3.88. The molecule has 0 aliphatic carbocycles. The molecule has 0 radical (unpaired) electrons. The van der Waals surface area contributed by atoms with E-state index in [0.29, 0.717) is 12.4 Å². The minimum absolute atomic E-state index is 0.506. The zero-order valence-corrected chi connectivity index (χ0v) is 10.4. The molecule has 0 amide bonds. The van der Waals surface area contributed by atoms with Crippen LogP contribution in [0.15, 0.2) is 47.5 Å². The van der Waals surface area contributed by atoms with E-state index in [-0.39, 0.29) is 0 Å². The van der Waals surface area contributed by atoms with Gasteiger partial charge in [-0.1, -0.05) is 6.07 Å². The first-order valence-electron chi connectivity index (χ1n) is 5.25. The third-order valence-electron chi connectivity index (χ3n) is 2.31. The Morgan fingerprint density at radius 3 is 2.53 bits per heavy atom. The first kappa shape index (κ1) is 11.8. The van der Waals surface area contributed by atoms with Crippen molar-refractivity contribution in [3.63, 3.8) is 0 Å². The lowest BCUT2D eigenvalue weighted by Gasteiger charge is -2.06. The molecule has 88 valence electrons. The average Bonchev–Trinajstić information content (AvgIpc) is 2.39. The molecule has 4 heteroatoms. The number of aromatic nitrogens is 1. The maximum atomic E-state index is 5.64. The lowest BCUT2D eigenvalue weighted by atomic mass is 10.3. The Balaban J connectivity index is 1.95. The average molecular weight is 246 g/mol. The van der Waals surface area contributed by atoms with Gasteiger partial charge in [0, 0.05) is 16.7 Å². The molecule has 0 saturated heterocycles. The van der Waals surface area contributed by atoms with Crippen molar-refractivity contribution in [1.29, 1.82) is 0 Å². The van der Waals surface area contributed by atoms with Crippen molar-refractivity contribution in [2.24, 2.45) is 0 Å². The van der Waals surface area contributed by atoms with E-state index in [1.54, 1.807) is 24.0 Å². The number of nitrogens with two attached hydrogens (primary N) is 1. The highest BCUT2D eigenvalue weighted by Gasteiger charge is 1.97. The Hall–Kier alpha value is -1.68. The van der Waals surface area contributed by atoms with E-state index >= 15 is 0 Å². The number of benzene rings is 1. The van der Waals surface area contributed by atoms with Gasteiger partial charge in [0.1, 0.15) is 18.2 Å². The van der Waals surface area contributed by atoms with Crippen LogP contribution in [0.5, 0.6) is 5.75 Å². The van der Waals surface area contributed by atoms with Crippen LogP contribution in [0.1, 0.15) is 5.56 Å². The molecule has 0 fully saturated rings. The van der Waals surface area contributed by atoms with Crippen LogP contribution in [0, 0.1) is 0 Å². The molecule has 1 heterocycles. The second kappa shape index (κ2) is 5.59. The molecule has 0 unspecified atom stereocenters. The van der Waals surface area contributed by atoms with Gasteiger partial charge >= 0.3 is 0 Å². The summed E-state index contributed by atoms with van der Waals surface area (Å²) in [6.45, 7) is 0.506. The van der Waals surface area contributed by atoms with Crippen molar-refractivity contribution in [2.45, 2.75) is 11.5 Å². The number of anilines is 1. The second-order valence-corrected chi connectivity index (χ2v) is 4.44. The van der Waals surface area contributed by atoms with E-state index in [4.69, 9.17) is 10.5 Å². The Morgan fingerprint density at radius 1 is 1.18 bits per heavy atom. The molecule has 0 atom stereocenters. The summed E-state index contributed by atoms with van der Waals surface area (Å²) in [4.78, 5) is 5.24. The van der Waals surface area contributed by atoms with Crippen LogP contribution in [0.3, 0.4) is 0 Å². The van der Waals surface area contributed by atoms with Gasteiger partial charge in [0.15, 0.2) is 0 Å². The SMILES string of the molecule is CSc1ccc(OCc2ccc(N)nc2)cc1. The maximum absolute atomic E-state index is 5.64. The van der Waals surface area contributed by atoms with Gasteiger partial charge < -0.3 is 10.5 Å². The zero-order chi connectivity index (χ0) is 12.1. The third-order valence-corrected chi connectivity index (χ3v) is 3.06. The highest BCUT2D eigenvalue weighted by atomic mass is 32.2. The normalized spacial score (nSPS) is 10.2. The van der Waals surface area contributed by atoms with Gasteiger partial charge in [-0.25, -0.2) is 4.98 Å². The van der Waals surface area contributed by atoms with Gasteiger partial charge in [0.25, 0.3) is 0 Å². The highest BCUT2D eigenvalue weighted by Crippen LogP contribution is 2.19. The third kappa shape index (κ3) is 3.39. The van der Waals surface area contributed by atoms with Crippen molar-refractivity contribution in [3.05, 3.63) is 48.2 Å². The molecule has 0 bridgehead atoms. The van der Waals surface area contributed by atoms with E-state index in [9.17, 15) is 0 Å². The molecule has 0 aliphatic heterocycles. The van der Waals surface area contributed by atoms with Crippen molar-refractivity contribution in [3.8, 4) is 5.75 Å². The summed E-state index contributed by atoms with van der Waals surface area (Å²) in [6, 6.07) is 11.7. The number of nitrogen functional groups attached to an aromatic ring is 1. The van der Waals surface area contributed by atoms with Crippen LogP contribution in [0.25, 0.3) is 0 Å². The smallest absolute Gasteiger partial charge is 0.123 e. The predicted octanol–water partition coefficient (Wildman–Crippen LogP) is 2.96. The molecule has 1 aromatic heterocycles. The molecule has 2 aromatic rings. The standard InChI is InChI=1S/C13H14N2OS/c1-17-12-5-3-11(4-6-12)16-9-10-2-7-13(14)15-8-10/h2-8H,9H2,1H3,(H2,14,15). The zero-order valence-electron chi connectivity index (χ0n) is 9.59. The summed E-state index contributed by atoms with van der Waals surface area (Å²) in [5, 5.41) is 0. The summed E-state index contributed by atoms with van der Waals surface area (Å²) in [5.41, 5.74) is 6.52.